The van der Waals surface area contributed by atoms with Crippen molar-refractivity contribution in [3.8, 4) is 17.2 Å². The quantitative estimate of drug-likeness (QED) is 0.806. The summed E-state index contributed by atoms with van der Waals surface area (Å²) in [5, 5.41) is 0. The van der Waals surface area contributed by atoms with Gasteiger partial charge in [-0.05, 0) is 37.5 Å². The summed E-state index contributed by atoms with van der Waals surface area (Å²) >= 11 is 0. The summed E-state index contributed by atoms with van der Waals surface area (Å²) in [4.78, 5) is 12.2. The first-order valence-electron chi connectivity index (χ1n) is 7.28. The minimum atomic E-state index is 0.256. The number of hydrogen-bond acceptors (Lipinski definition) is 3. The second-order valence-electron chi connectivity index (χ2n) is 5.96. The van der Waals surface area contributed by atoms with Crippen LogP contribution in [0, 0.1) is 12.8 Å². The first-order chi connectivity index (χ1) is 10.1. The predicted octanol–water partition coefficient (Wildman–Crippen LogP) is 3.28. The number of fused-ring (bicyclic) bond motifs is 2. The van der Waals surface area contributed by atoms with Gasteiger partial charge in [-0.3, -0.25) is 4.79 Å². The Morgan fingerprint density at radius 1 is 1.14 bits per heavy atom. The van der Waals surface area contributed by atoms with Crippen LogP contribution in [-0.4, -0.2) is 17.1 Å². The van der Waals surface area contributed by atoms with Gasteiger partial charge < -0.3 is 14.0 Å². The number of aryl methyl sites for hydroxylation is 1. The normalized spacial score (nSPS) is 19.7. The standard InChI is InChI=1S/C17H17NO3/c1-10-5-14-13(15(19)6-10)7-11(2)18(14)12-3-4-16-17(8-12)21-9-20-16/h3-4,7-8,10H,5-6,9H2,1-2H3. The molecule has 0 spiro atoms. The lowest BCUT2D eigenvalue weighted by Gasteiger charge is -2.20. The van der Waals surface area contributed by atoms with Crippen LogP contribution in [0.4, 0.5) is 0 Å². The number of carbonyl (C=O) groups is 1. The number of Topliss-reactive ketones (excluding diaryl/α,β-unsaturated/α-hetero) is 1. The van der Waals surface area contributed by atoms with Gasteiger partial charge in [-0.25, -0.2) is 0 Å². The van der Waals surface area contributed by atoms with E-state index in [9.17, 15) is 4.79 Å². The molecule has 2 aliphatic rings. The minimum Gasteiger partial charge on any atom is -0.454 e. The van der Waals surface area contributed by atoms with Crippen molar-refractivity contribution >= 4 is 5.78 Å². The molecule has 0 bridgehead atoms. The van der Waals surface area contributed by atoms with Gasteiger partial charge in [0.05, 0.1) is 0 Å². The molecule has 21 heavy (non-hydrogen) atoms. The Bertz CT molecular complexity index is 745. The Morgan fingerprint density at radius 2 is 1.95 bits per heavy atom. The zero-order chi connectivity index (χ0) is 14.6. The zero-order valence-corrected chi connectivity index (χ0v) is 12.2. The molecule has 0 amide bonds. The van der Waals surface area contributed by atoms with Gasteiger partial charge in [0.1, 0.15) is 0 Å². The van der Waals surface area contributed by atoms with Gasteiger partial charge in [-0.2, -0.15) is 0 Å². The predicted molar refractivity (Wildman–Crippen MR) is 78.4 cm³/mol. The van der Waals surface area contributed by atoms with Gasteiger partial charge in [0.25, 0.3) is 0 Å². The van der Waals surface area contributed by atoms with E-state index in [-0.39, 0.29) is 12.6 Å². The van der Waals surface area contributed by atoms with Gasteiger partial charge >= 0.3 is 0 Å². The highest BCUT2D eigenvalue weighted by molar-refractivity contribution is 5.99. The van der Waals surface area contributed by atoms with E-state index in [0.717, 1.165) is 40.6 Å². The number of nitrogens with zero attached hydrogens (tertiary/aromatic N) is 1. The highest BCUT2D eigenvalue weighted by atomic mass is 16.7. The molecule has 1 aliphatic carbocycles. The maximum Gasteiger partial charge on any atom is 0.231 e. The highest BCUT2D eigenvalue weighted by Gasteiger charge is 2.27. The number of benzene rings is 1. The molecule has 4 nitrogen and oxygen atoms in total. The lowest BCUT2D eigenvalue weighted by atomic mass is 9.88. The summed E-state index contributed by atoms with van der Waals surface area (Å²) in [6.45, 7) is 4.45. The first-order valence-corrected chi connectivity index (χ1v) is 7.28. The Labute approximate surface area is 123 Å². The molecular weight excluding hydrogens is 266 g/mol. The van der Waals surface area contributed by atoms with E-state index in [0.29, 0.717) is 12.3 Å². The van der Waals surface area contributed by atoms with Crippen molar-refractivity contribution in [3.63, 3.8) is 0 Å². The van der Waals surface area contributed by atoms with Crippen molar-refractivity contribution in [1.29, 1.82) is 0 Å². The number of carbonyl (C=O) groups excluding carboxylic acids is 1. The van der Waals surface area contributed by atoms with Crippen LogP contribution < -0.4 is 9.47 Å². The van der Waals surface area contributed by atoms with Crippen LogP contribution in [0.15, 0.2) is 24.3 Å². The molecule has 1 aromatic heterocycles. The molecule has 2 heterocycles. The number of ketones is 1. The van der Waals surface area contributed by atoms with Crippen molar-refractivity contribution in [2.24, 2.45) is 5.92 Å². The average molecular weight is 283 g/mol. The fourth-order valence-corrected chi connectivity index (χ4v) is 3.35. The molecule has 1 aliphatic heterocycles. The zero-order valence-electron chi connectivity index (χ0n) is 12.2. The third kappa shape index (κ3) is 1.86. The Balaban J connectivity index is 1.88. The summed E-state index contributed by atoms with van der Waals surface area (Å²) in [5.41, 5.74) is 4.11. The molecule has 0 radical (unpaired) electrons. The maximum atomic E-state index is 12.2. The minimum absolute atomic E-state index is 0.256. The van der Waals surface area contributed by atoms with Gasteiger partial charge in [-0.15, -0.1) is 0 Å². The number of aromatic nitrogens is 1. The van der Waals surface area contributed by atoms with Crippen LogP contribution in [0.25, 0.3) is 5.69 Å². The van der Waals surface area contributed by atoms with E-state index in [1.807, 2.05) is 31.2 Å². The molecule has 1 atom stereocenters. The molecular formula is C17H17NO3. The summed E-state index contributed by atoms with van der Waals surface area (Å²) in [6.07, 6.45) is 1.58. The lowest BCUT2D eigenvalue weighted by molar-refractivity contribution is 0.0952. The van der Waals surface area contributed by atoms with Crippen LogP contribution in [0.2, 0.25) is 0 Å². The van der Waals surface area contributed by atoms with E-state index >= 15 is 0 Å². The first kappa shape index (κ1) is 12.5. The van der Waals surface area contributed by atoms with E-state index in [1.54, 1.807) is 0 Å². The average Bonchev–Trinajstić information content (AvgIpc) is 3.01. The van der Waals surface area contributed by atoms with Crippen molar-refractivity contribution in [1.82, 2.24) is 4.57 Å². The fraction of sp³-hybridized carbons (Fsp3) is 0.353. The van der Waals surface area contributed by atoms with Crippen molar-refractivity contribution in [3.05, 3.63) is 41.2 Å². The third-order valence-corrected chi connectivity index (χ3v) is 4.28. The van der Waals surface area contributed by atoms with Crippen LogP contribution in [0.3, 0.4) is 0 Å². The Morgan fingerprint density at radius 3 is 2.81 bits per heavy atom. The number of hydrogen-bond donors (Lipinski definition) is 0. The molecule has 0 saturated carbocycles. The molecule has 0 fully saturated rings. The molecule has 0 saturated heterocycles. The smallest absolute Gasteiger partial charge is 0.231 e. The molecule has 4 rings (SSSR count). The Hall–Kier alpha value is -2.23. The van der Waals surface area contributed by atoms with E-state index < -0.39 is 0 Å². The van der Waals surface area contributed by atoms with E-state index in [4.69, 9.17) is 9.47 Å². The lowest BCUT2D eigenvalue weighted by Crippen LogP contribution is -2.19. The van der Waals surface area contributed by atoms with Crippen LogP contribution in [0.1, 0.15) is 35.1 Å². The van der Waals surface area contributed by atoms with Crippen molar-refractivity contribution < 1.29 is 14.3 Å². The SMILES string of the molecule is Cc1cc2c(n1-c1ccc3c(c1)OCO3)CC(C)CC2=O. The Kier molecular flexibility index (Phi) is 2.61. The second kappa shape index (κ2) is 4.38. The van der Waals surface area contributed by atoms with Crippen LogP contribution >= 0.6 is 0 Å². The van der Waals surface area contributed by atoms with Crippen molar-refractivity contribution in [2.75, 3.05) is 6.79 Å². The van der Waals surface area contributed by atoms with E-state index in [2.05, 4.69) is 11.5 Å². The summed E-state index contributed by atoms with van der Waals surface area (Å²) in [5.74, 6) is 2.20. The van der Waals surface area contributed by atoms with Crippen LogP contribution in [0.5, 0.6) is 11.5 Å². The largest absolute Gasteiger partial charge is 0.454 e. The van der Waals surface area contributed by atoms with Crippen LogP contribution in [-0.2, 0) is 6.42 Å². The van der Waals surface area contributed by atoms with Crippen molar-refractivity contribution in [2.45, 2.75) is 26.7 Å². The number of rotatable bonds is 1. The molecule has 4 heteroatoms. The van der Waals surface area contributed by atoms with E-state index in [1.165, 1.54) is 0 Å². The molecule has 1 aromatic carbocycles. The molecule has 108 valence electrons. The fourth-order valence-electron chi connectivity index (χ4n) is 3.35. The molecule has 2 aromatic rings. The highest BCUT2D eigenvalue weighted by Crippen LogP contribution is 2.36. The topological polar surface area (TPSA) is 40.5 Å². The monoisotopic (exact) mass is 283 g/mol. The van der Waals surface area contributed by atoms with Gasteiger partial charge in [0, 0.05) is 35.1 Å². The maximum absolute atomic E-state index is 12.2. The summed E-state index contributed by atoms with van der Waals surface area (Å²) in [7, 11) is 0. The second-order valence-corrected chi connectivity index (χ2v) is 5.96. The third-order valence-electron chi connectivity index (χ3n) is 4.28. The number of ether oxygens (including phenoxy) is 2. The van der Waals surface area contributed by atoms with Gasteiger partial charge in [-0.1, -0.05) is 6.92 Å². The summed E-state index contributed by atoms with van der Waals surface area (Å²) in [6, 6.07) is 7.94. The summed E-state index contributed by atoms with van der Waals surface area (Å²) < 4.78 is 13.0. The molecule has 1 unspecified atom stereocenters. The molecule has 0 N–H and O–H groups in total. The van der Waals surface area contributed by atoms with Gasteiger partial charge in [0.2, 0.25) is 6.79 Å². The van der Waals surface area contributed by atoms with Gasteiger partial charge in [0.15, 0.2) is 17.3 Å².